The maximum Gasteiger partial charge on any atom is 0.242 e. The monoisotopic (exact) mass is 322 g/mol. The van der Waals surface area contributed by atoms with Crippen LogP contribution < -0.4 is 0 Å². The van der Waals surface area contributed by atoms with E-state index in [1.54, 1.807) is 11.0 Å². The number of carbonyl (C=O) groups excluding carboxylic acids is 2. The van der Waals surface area contributed by atoms with Gasteiger partial charge in [-0.15, -0.1) is 0 Å². The highest BCUT2D eigenvalue weighted by molar-refractivity contribution is 6.31. The van der Waals surface area contributed by atoms with Crippen LogP contribution in [0.25, 0.3) is 0 Å². The molecule has 0 aromatic heterocycles. The number of rotatable bonds is 4. The summed E-state index contributed by atoms with van der Waals surface area (Å²) in [5.41, 5.74) is 0.864. The molecule has 1 aliphatic heterocycles. The molecular weight excluding hydrogens is 300 g/mol. The Hall–Kier alpha value is -1.55. The predicted molar refractivity (Wildman–Crippen MR) is 87.6 cm³/mol. The van der Waals surface area contributed by atoms with Crippen molar-refractivity contribution < 1.29 is 9.59 Å². The molecule has 1 aliphatic rings. The maximum atomic E-state index is 12.4. The second-order valence-electron chi connectivity index (χ2n) is 5.76. The van der Waals surface area contributed by atoms with Gasteiger partial charge in [-0.25, -0.2) is 0 Å². The summed E-state index contributed by atoms with van der Waals surface area (Å²) in [6.45, 7) is 3.59. The first-order valence-electron chi connectivity index (χ1n) is 7.84. The van der Waals surface area contributed by atoms with Crippen LogP contribution in [0.5, 0.6) is 0 Å². The molecule has 1 saturated heterocycles. The van der Waals surface area contributed by atoms with Gasteiger partial charge in [-0.3, -0.25) is 9.59 Å². The van der Waals surface area contributed by atoms with Gasteiger partial charge in [0, 0.05) is 31.6 Å². The van der Waals surface area contributed by atoms with Gasteiger partial charge in [0.05, 0.1) is 0 Å². The second-order valence-corrected chi connectivity index (χ2v) is 6.17. The van der Waals surface area contributed by atoms with Crippen molar-refractivity contribution in [2.24, 2.45) is 0 Å². The third kappa shape index (κ3) is 4.73. The molecule has 1 aromatic rings. The SMILES string of the molecule is CC(=O)N(CC(=O)N1CCCCCC1)Cc1ccccc1Cl. The van der Waals surface area contributed by atoms with Crippen molar-refractivity contribution in [2.75, 3.05) is 19.6 Å². The zero-order valence-electron chi connectivity index (χ0n) is 13.1. The van der Waals surface area contributed by atoms with Crippen molar-refractivity contribution in [3.8, 4) is 0 Å². The first kappa shape index (κ1) is 16.8. The van der Waals surface area contributed by atoms with Crippen LogP contribution >= 0.6 is 11.6 Å². The van der Waals surface area contributed by atoms with E-state index in [1.165, 1.54) is 19.8 Å². The van der Waals surface area contributed by atoms with E-state index in [9.17, 15) is 9.59 Å². The van der Waals surface area contributed by atoms with E-state index in [0.717, 1.165) is 31.5 Å². The molecule has 0 radical (unpaired) electrons. The molecule has 1 heterocycles. The van der Waals surface area contributed by atoms with E-state index in [2.05, 4.69) is 0 Å². The quantitative estimate of drug-likeness (QED) is 0.854. The van der Waals surface area contributed by atoms with Crippen LogP contribution in [0, 0.1) is 0 Å². The molecule has 0 aliphatic carbocycles. The number of amides is 2. The number of benzene rings is 1. The van der Waals surface area contributed by atoms with E-state index >= 15 is 0 Å². The third-order valence-electron chi connectivity index (χ3n) is 4.05. The molecule has 5 heteroatoms. The Morgan fingerprint density at radius 1 is 1.14 bits per heavy atom. The zero-order valence-corrected chi connectivity index (χ0v) is 13.8. The molecule has 0 bridgehead atoms. The Kier molecular flexibility index (Phi) is 6.25. The average molecular weight is 323 g/mol. The minimum absolute atomic E-state index is 0.0316. The summed E-state index contributed by atoms with van der Waals surface area (Å²) in [5, 5.41) is 0.621. The Morgan fingerprint density at radius 3 is 2.36 bits per heavy atom. The van der Waals surface area contributed by atoms with Crippen molar-refractivity contribution in [2.45, 2.75) is 39.2 Å². The number of halogens is 1. The standard InChI is InChI=1S/C17H23ClN2O2/c1-14(21)20(12-15-8-4-5-9-16(15)18)13-17(22)19-10-6-2-3-7-11-19/h4-5,8-9H,2-3,6-7,10-13H2,1H3. The van der Waals surface area contributed by atoms with E-state index in [1.807, 2.05) is 23.1 Å². The van der Waals surface area contributed by atoms with Crippen molar-refractivity contribution in [1.29, 1.82) is 0 Å². The number of hydrogen-bond acceptors (Lipinski definition) is 2. The summed E-state index contributed by atoms with van der Waals surface area (Å²) in [6, 6.07) is 7.42. The molecule has 2 rings (SSSR count). The van der Waals surface area contributed by atoms with Crippen molar-refractivity contribution in [3.63, 3.8) is 0 Å². The van der Waals surface area contributed by atoms with Crippen LogP contribution in [0.1, 0.15) is 38.2 Å². The number of carbonyl (C=O) groups is 2. The summed E-state index contributed by atoms with van der Waals surface area (Å²) < 4.78 is 0. The maximum absolute atomic E-state index is 12.4. The fraction of sp³-hybridized carbons (Fsp3) is 0.529. The molecule has 4 nitrogen and oxygen atoms in total. The molecule has 1 aromatic carbocycles. The van der Waals surface area contributed by atoms with Crippen molar-refractivity contribution in [1.82, 2.24) is 9.80 Å². The highest BCUT2D eigenvalue weighted by Crippen LogP contribution is 2.17. The normalized spacial score (nSPS) is 15.3. The summed E-state index contributed by atoms with van der Waals surface area (Å²) in [6.07, 6.45) is 4.46. The fourth-order valence-corrected chi connectivity index (χ4v) is 2.89. The molecule has 120 valence electrons. The first-order chi connectivity index (χ1) is 10.6. The van der Waals surface area contributed by atoms with E-state index in [4.69, 9.17) is 11.6 Å². The molecule has 0 N–H and O–H groups in total. The molecule has 0 saturated carbocycles. The Labute approximate surface area is 137 Å². The average Bonchev–Trinajstić information content (AvgIpc) is 2.77. The second kappa shape index (κ2) is 8.18. The Balaban J connectivity index is 2.00. The van der Waals surface area contributed by atoms with Crippen molar-refractivity contribution >= 4 is 23.4 Å². The molecule has 0 atom stereocenters. The highest BCUT2D eigenvalue weighted by atomic mass is 35.5. The molecule has 2 amide bonds. The van der Waals surface area contributed by atoms with Gasteiger partial charge in [0.15, 0.2) is 0 Å². The van der Waals surface area contributed by atoms with Gasteiger partial charge in [0.25, 0.3) is 0 Å². The van der Waals surface area contributed by atoms with Gasteiger partial charge in [-0.2, -0.15) is 0 Å². The van der Waals surface area contributed by atoms with Crippen molar-refractivity contribution in [3.05, 3.63) is 34.9 Å². The molecular formula is C17H23ClN2O2. The summed E-state index contributed by atoms with van der Waals surface area (Å²) in [7, 11) is 0. The van der Waals surface area contributed by atoms with Crippen LogP contribution in [0.4, 0.5) is 0 Å². The molecule has 0 spiro atoms. The Bertz CT molecular complexity index is 525. The first-order valence-corrected chi connectivity index (χ1v) is 8.22. The minimum Gasteiger partial charge on any atom is -0.341 e. The van der Waals surface area contributed by atoms with Gasteiger partial charge < -0.3 is 9.80 Å². The summed E-state index contributed by atoms with van der Waals surface area (Å²) in [4.78, 5) is 27.7. The summed E-state index contributed by atoms with van der Waals surface area (Å²) >= 11 is 6.15. The largest absolute Gasteiger partial charge is 0.341 e. The highest BCUT2D eigenvalue weighted by Gasteiger charge is 2.20. The van der Waals surface area contributed by atoms with Crippen LogP contribution in [0.2, 0.25) is 5.02 Å². The van der Waals surface area contributed by atoms with E-state index in [-0.39, 0.29) is 18.4 Å². The van der Waals surface area contributed by atoms with Gasteiger partial charge in [0.1, 0.15) is 6.54 Å². The summed E-state index contributed by atoms with van der Waals surface area (Å²) in [5.74, 6) is -0.0766. The lowest BCUT2D eigenvalue weighted by molar-refractivity contribution is -0.139. The lowest BCUT2D eigenvalue weighted by Gasteiger charge is -2.26. The number of nitrogens with zero attached hydrogens (tertiary/aromatic N) is 2. The number of likely N-dealkylation sites (tertiary alicyclic amines) is 1. The van der Waals surface area contributed by atoms with E-state index in [0.29, 0.717) is 11.6 Å². The van der Waals surface area contributed by atoms with Gasteiger partial charge >= 0.3 is 0 Å². The van der Waals surface area contributed by atoms with Crippen LogP contribution in [-0.4, -0.2) is 41.2 Å². The fourth-order valence-electron chi connectivity index (χ4n) is 2.69. The molecule has 0 unspecified atom stereocenters. The minimum atomic E-state index is -0.108. The van der Waals surface area contributed by atoms with Gasteiger partial charge in [-0.1, -0.05) is 42.6 Å². The molecule has 1 fully saturated rings. The number of hydrogen-bond donors (Lipinski definition) is 0. The van der Waals surface area contributed by atoms with Crippen LogP contribution in [0.3, 0.4) is 0 Å². The predicted octanol–water partition coefficient (Wildman–Crippen LogP) is 3.09. The van der Waals surface area contributed by atoms with Gasteiger partial charge in [-0.05, 0) is 24.5 Å². The zero-order chi connectivity index (χ0) is 15.9. The van der Waals surface area contributed by atoms with Crippen LogP contribution in [0.15, 0.2) is 24.3 Å². The lowest BCUT2D eigenvalue weighted by atomic mass is 10.2. The Morgan fingerprint density at radius 2 is 1.77 bits per heavy atom. The van der Waals surface area contributed by atoms with E-state index < -0.39 is 0 Å². The lowest BCUT2D eigenvalue weighted by Crippen LogP contribution is -2.42. The topological polar surface area (TPSA) is 40.6 Å². The smallest absolute Gasteiger partial charge is 0.242 e. The third-order valence-corrected chi connectivity index (χ3v) is 4.42. The van der Waals surface area contributed by atoms with Crippen LogP contribution in [-0.2, 0) is 16.1 Å². The van der Waals surface area contributed by atoms with Gasteiger partial charge in [0.2, 0.25) is 11.8 Å². The molecule has 22 heavy (non-hydrogen) atoms.